The Morgan fingerprint density at radius 3 is 2.48 bits per heavy atom. The monoisotopic (exact) mass is 379 g/mol. The lowest BCUT2D eigenvalue weighted by atomic mass is 10.1. The molecule has 0 radical (unpaired) electrons. The molecule has 0 aliphatic carbocycles. The number of hydrogen-bond acceptors (Lipinski definition) is 3. The van der Waals surface area contributed by atoms with Gasteiger partial charge in [-0.3, -0.25) is 9.59 Å². The van der Waals surface area contributed by atoms with E-state index in [0.717, 1.165) is 11.1 Å². The molecule has 0 spiro atoms. The largest absolute Gasteiger partial charge is 0.456 e. The van der Waals surface area contributed by atoms with E-state index in [1.807, 2.05) is 37.3 Å². The molecule has 132 valence electrons. The first-order chi connectivity index (χ1) is 12.0. The van der Waals surface area contributed by atoms with Gasteiger partial charge in [-0.2, -0.15) is 0 Å². The number of aryl methyl sites for hydroxylation is 1. The Bertz CT molecular complexity index is 735. The predicted molar refractivity (Wildman–Crippen MR) is 98.7 cm³/mol. The van der Waals surface area contributed by atoms with Crippen LogP contribution in [-0.4, -0.2) is 18.5 Å². The molecule has 1 atom stereocenters. The zero-order valence-electron chi connectivity index (χ0n) is 13.8. The second-order valence-electron chi connectivity index (χ2n) is 5.61. The summed E-state index contributed by atoms with van der Waals surface area (Å²) < 4.78 is 5.01. The molecule has 0 aliphatic rings. The van der Waals surface area contributed by atoms with Crippen molar-refractivity contribution < 1.29 is 14.3 Å². The molecule has 2 aromatic rings. The molecule has 0 aromatic heterocycles. The van der Waals surface area contributed by atoms with Crippen LogP contribution < -0.4 is 5.32 Å². The van der Waals surface area contributed by atoms with Crippen molar-refractivity contribution in [2.24, 2.45) is 0 Å². The number of ether oxygens (including phenoxy) is 1. The zero-order valence-corrected chi connectivity index (χ0v) is 15.3. The van der Waals surface area contributed by atoms with Gasteiger partial charge >= 0.3 is 5.97 Å². The van der Waals surface area contributed by atoms with Crippen LogP contribution in [0.3, 0.4) is 0 Å². The molecule has 0 heterocycles. The van der Waals surface area contributed by atoms with Crippen LogP contribution in [0.25, 0.3) is 0 Å². The van der Waals surface area contributed by atoms with E-state index in [0.29, 0.717) is 16.5 Å². The Morgan fingerprint density at radius 2 is 1.80 bits per heavy atom. The Morgan fingerprint density at radius 1 is 1.08 bits per heavy atom. The average molecular weight is 380 g/mol. The van der Waals surface area contributed by atoms with Gasteiger partial charge in [-0.25, -0.2) is 0 Å². The van der Waals surface area contributed by atoms with Gasteiger partial charge in [-0.1, -0.05) is 59.6 Å². The van der Waals surface area contributed by atoms with E-state index in [1.165, 1.54) is 0 Å². The van der Waals surface area contributed by atoms with Gasteiger partial charge in [-0.15, -0.1) is 0 Å². The van der Waals surface area contributed by atoms with E-state index >= 15 is 0 Å². The second kappa shape index (κ2) is 9.44. The topological polar surface area (TPSA) is 55.4 Å². The molecule has 0 fully saturated rings. The number of carbonyl (C=O) groups excluding carboxylic acids is 2. The summed E-state index contributed by atoms with van der Waals surface area (Å²) in [6.45, 7) is 1.51. The first-order valence-electron chi connectivity index (χ1n) is 7.89. The van der Waals surface area contributed by atoms with Gasteiger partial charge in [0.05, 0.1) is 16.1 Å². The lowest BCUT2D eigenvalue weighted by molar-refractivity contribution is -0.148. The molecule has 1 N–H and O–H groups in total. The van der Waals surface area contributed by atoms with Crippen molar-refractivity contribution in [2.75, 3.05) is 6.61 Å². The first kappa shape index (κ1) is 19.3. The average Bonchev–Trinajstić information content (AvgIpc) is 2.61. The quantitative estimate of drug-likeness (QED) is 0.727. The minimum absolute atomic E-state index is 0.236. The number of esters is 1. The molecule has 0 aliphatic heterocycles. The minimum atomic E-state index is -0.402. The van der Waals surface area contributed by atoms with Crippen molar-refractivity contribution in [3.05, 3.63) is 69.7 Å². The molecule has 0 saturated heterocycles. The van der Waals surface area contributed by atoms with Crippen molar-refractivity contribution in [1.29, 1.82) is 0 Å². The Kier molecular flexibility index (Phi) is 7.29. The third-order valence-electron chi connectivity index (χ3n) is 3.65. The van der Waals surface area contributed by atoms with E-state index in [2.05, 4.69) is 5.32 Å². The fourth-order valence-electron chi connectivity index (χ4n) is 2.26. The summed E-state index contributed by atoms with van der Waals surface area (Å²) in [6, 6.07) is 14.5. The van der Waals surface area contributed by atoms with Gasteiger partial charge in [0.25, 0.3) is 5.91 Å². The fourth-order valence-corrected chi connectivity index (χ4v) is 2.56. The number of nitrogens with one attached hydrogen (secondary N) is 1. The Hall–Kier alpha value is -2.04. The summed E-state index contributed by atoms with van der Waals surface area (Å²) >= 11 is 11.8. The maximum absolute atomic E-state index is 11.9. The molecule has 25 heavy (non-hydrogen) atoms. The van der Waals surface area contributed by atoms with Gasteiger partial charge in [0, 0.05) is 6.42 Å². The summed E-state index contributed by atoms with van der Waals surface area (Å²) in [6.07, 6.45) is 0.820. The van der Waals surface area contributed by atoms with Crippen LogP contribution in [0.5, 0.6) is 0 Å². The molecule has 1 amide bonds. The molecule has 0 bridgehead atoms. The zero-order chi connectivity index (χ0) is 18.2. The minimum Gasteiger partial charge on any atom is -0.456 e. The summed E-state index contributed by atoms with van der Waals surface area (Å²) in [4.78, 5) is 23.6. The van der Waals surface area contributed by atoms with Gasteiger partial charge < -0.3 is 10.1 Å². The van der Waals surface area contributed by atoms with E-state index in [-0.39, 0.29) is 25.0 Å². The highest BCUT2D eigenvalue weighted by molar-refractivity contribution is 6.42. The highest BCUT2D eigenvalue weighted by atomic mass is 35.5. The van der Waals surface area contributed by atoms with Crippen LogP contribution in [-0.2, 0) is 20.7 Å². The van der Waals surface area contributed by atoms with Crippen LogP contribution in [0.4, 0.5) is 0 Å². The number of amides is 1. The maximum Gasteiger partial charge on any atom is 0.306 e. The lowest BCUT2D eigenvalue weighted by Crippen LogP contribution is -2.31. The standard InChI is InChI=1S/C19H19Cl2NO3/c1-13(15-8-9-16(20)17(21)11-15)22-18(23)12-25-19(24)10-7-14-5-3-2-4-6-14/h2-6,8-9,11,13H,7,10,12H2,1H3,(H,22,23)/t13-/m1/s1. The molecule has 0 saturated carbocycles. The van der Waals surface area contributed by atoms with Crippen molar-refractivity contribution in [1.82, 2.24) is 5.32 Å². The van der Waals surface area contributed by atoms with Crippen LogP contribution in [0.2, 0.25) is 10.0 Å². The molecule has 4 nitrogen and oxygen atoms in total. The Balaban J connectivity index is 1.74. The third kappa shape index (κ3) is 6.40. The smallest absolute Gasteiger partial charge is 0.306 e. The van der Waals surface area contributed by atoms with Crippen LogP contribution in [0, 0.1) is 0 Å². The van der Waals surface area contributed by atoms with E-state index in [1.54, 1.807) is 18.2 Å². The van der Waals surface area contributed by atoms with Gasteiger partial charge in [-0.05, 0) is 36.6 Å². The van der Waals surface area contributed by atoms with Crippen molar-refractivity contribution in [3.8, 4) is 0 Å². The molecule has 6 heteroatoms. The van der Waals surface area contributed by atoms with Crippen LogP contribution >= 0.6 is 23.2 Å². The van der Waals surface area contributed by atoms with E-state index in [9.17, 15) is 9.59 Å². The maximum atomic E-state index is 11.9. The second-order valence-corrected chi connectivity index (χ2v) is 6.42. The molecular weight excluding hydrogens is 361 g/mol. The number of benzene rings is 2. The summed E-state index contributed by atoms with van der Waals surface area (Å²) in [5, 5.41) is 3.63. The van der Waals surface area contributed by atoms with Crippen LogP contribution in [0.1, 0.15) is 30.5 Å². The molecule has 2 rings (SSSR count). The van der Waals surface area contributed by atoms with Gasteiger partial charge in [0.15, 0.2) is 6.61 Å². The predicted octanol–water partition coefficient (Wildman–Crippen LogP) is 4.35. The first-order valence-corrected chi connectivity index (χ1v) is 8.65. The highest BCUT2D eigenvalue weighted by Gasteiger charge is 2.13. The highest BCUT2D eigenvalue weighted by Crippen LogP contribution is 2.25. The summed E-state index contributed by atoms with van der Waals surface area (Å²) in [5.41, 5.74) is 1.87. The normalized spacial score (nSPS) is 11.6. The summed E-state index contributed by atoms with van der Waals surface area (Å²) in [7, 11) is 0. The van der Waals surface area contributed by atoms with Crippen LogP contribution in [0.15, 0.2) is 48.5 Å². The SMILES string of the molecule is C[C@@H](NC(=O)COC(=O)CCc1ccccc1)c1ccc(Cl)c(Cl)c1. The summed E-state index contributed by atoms with van der Waals surface area (Å²) in [5.74, 6) is -0.771. The van der Waals surface area contributed by atoms with Crippen molar-refractivity contribution in [3.63, 3.8) is 0 Å². The molecule has 0 unspecified atom stereocenters. The van der Waals surface area contributed by atoms with Gasteiger partial charge in [0.2, 0.25) is 0 Å². The fraction of sp³-hybridized carbons (Fsp3) is 0.263. The molecule has 2 aromatic carbocycles. The lowest BCUT2D eigenvalue weighted by Gasteiger charge is -2.15. The number of hydrogen-bond donors (Lipinski definition) is 1. The van der Waals surface area contributed by atoms with E-state index < -0.39 is 5.97 Å². The number of carbonyl (C=O) groups is 2. The number of rotatable bonds is 7. The van der Waals surface area contributed by atoms with Crippen molar-refractivity contribution in [2.45, 2.75) is 25.8 Å². The third-order valence-corrected chi connectivity index (χ3v) is 4.39. The van der Waals surface area contributed by atoms with Crippen molar-refractivity contribution >= 4 is 35.1 Å². The van der Waals surface area contributed by atoms with Gasteiger partial charge in [0.1, 0.15) is 0 Å². The molecular formula is C19H19Cl2NO3. The number of halogens is 2. The Labute approximate surface area is 157 Å². The van der Waals surface area contributed by atoms with E-state index in [4.69, 9.17) is 27.9 Å².